The molecule has 1 amide bonds. The van der Waals surface area contributed by atoms with Crippen molar-refractivity contribution in [3.8, 4) is 6.07 Å². The highest BCUT2D eigenvalue weighted by Gasteiger charge is 2.19. The predicted octanol–water partition coefficient (Wildman–Crippen LogP) is 5.16. The second kappa shape index (κ2) is 8.72. The molecule has 0 aliphatic carbocycles. The number of halogens is 2. The van der Waals surface area contributed by atoms with Gasteiger partial charge in [-0.2, -0.15) is 5.26 Å². The average molecular weight is 413 g/mol. The molecule has 0 atom stereocenters. The Bertz CT molecular complexity index is 1270. The smallest absolute Gasteiger partial charge is 0.231 e. The van der Waals surface area contributed by atoms with E-state index >= 15 is 0 Å². The molecule has 0 fully saturated rings. The van der Waals surface area contributed by atoms with Gasteiger partial charge in [0, 0.05) is 29.5 Å². The highest BCUT2D eigenvalue weighted by atomic mass is 19.1. The molecule has 4 nitrogen and oxygen atoms in total. The molecule has 0 N–H and O–H groups in total. The summed E-state index contributed by atoms with van der Waals surface area (Å²) in [5.74, 6) is -1.67. The van der Waals surface area contributed by atoms with Gasteiger partial charge in [-0.05, 0) is 52.9 Å². The van der Waals surface area contributed by atoms with Crippen LogP contribution in [0.25, 0.3) is 10.8 Å². The normalized spacial score (nSPS) is 10.6. The van der Waals surface area contributed by atoms with Crippen LogP contribution < -0.4 is 4.90 Å². The Morgan fingerprint density at radius 2 is 1.68 bits per heavy atom. The predicted molar refractivity (Wildman–Crippen MR) is 114 cm³/mol. The van der Waals surface area contributed by atoms with E-state index in [1.807, 2.05) is 30.3 Å². The summed E-state index contributed by atoms with van der Waals surface area (Å²) in [7, 11) is 0. The monoisotopic (exact) mass is 413 g/mol. The Morgan fingerprint density at radius 3 is 2.39 bits per heavy atom. The SMILES string of the molecule is N#Cc1ccc(N(Cc2cc(F)cc(F)c2)C(=O)Cc2cncc3ccccc23)cc1. The number of hydrogen-bond acceptors (Lipinski definition) is 3. The molecule has 0 aliphatic rings. The van der Waals surface area contributed by atoms with Gasteiger partial charge in [0.05, 0.1) is 24.6 Å². The van der Waals surface area contributed by atoms with Gasteiger partial charge in [0.2, 0.25) is 5.91 Å². The Balaban J connectivity index is 1.70. The molecule has 0 unspecified atom stereocenters. The van der Waals surface area contributed by atoms with Crippen molar-refractivity contribution in [3.63, 3.8) is 0 Å². The van der Waals surface area contributed by atoms with Crippen LogP contribution in [0.5, 0.6) is 0 Å². The lowest BCUT2D eigenvalue weighted by molar-refractivity contribution is -0.118. The number of carbonyl (C=O) groups is 1. The highest BCUT2D eigenvalue weighted by Crippen LogP contribution is 2.23. The summed E-state index contributed by atoms with van der Waals surface area (Å²) in [6.07, 6.45) is 3.45. The van der Waals surface area contributed by atoms with Crippen LogP contribution in [0.1, 0.15) is 16.7 Å². The number of carbonyl (C=O) groups excluding carboxylic acids is 1. The van der Waals surface area contributed by atoms with Crippen molar-refractivity contribution in [2.24, 2.45) is 0 Å². The van der Waals surface area contributed by atoms with E-state index in [1.165, 1.54) is 17.0 Å². The number of fused-ring (bicyclic) bond motifs is 1. The van der Waals surface area contributed by atoms with Crippen molar-refractivity contribution < 1.29 is 13.6 Å². The lowest BCUT2D eigenvalue weighted by Gasteiger charge is -2.24. The standard InChI is InChI=1S/C25H17F2N3O/c26-21-9-18(10-22(27)12-21)16-30(23-7-5-17(13-28)6-8-23)25(31)11-20-15-29-14-19-3-1-2-4-24(19)20/h1-10,12,14-15H,11,16H2. The molecule has 0 bridgehead atoms. The number of nitrogens with zero attached hydrogens (tertiary/aromatic N) is 3. The van der Waals surface area contributed by atoms with Gasteiger partial charge in [0.25, 0.3) is 0 Å². The topological polar surface area (TPSA) is 57.0 Å². The van der Waals surface area contributed by atoms with Crippen LogP contribution in [0, 0.1) is 23.0 Å². The maximum atomic E-state index is 13.7. The summed E-state index contributed by atoms with van der Waals surface area (Å²) in [6, 6.07) is 19.4. The van der Waals surface area contributed by atoms with Gasteiger partial charge < -0.3 is 4.90 Å². The van der Waals surface area contributed by atoms with Gasteiger partial charge in [-0.15, -0.1) is 0 Å². The van der Waals surface area contributed by atoms with Crippen molar-refractivity contribution in [2.45, 2.75) is 13.0 Å². The zero-order valence-electron chi connectivity index (χ0n) is 16.4. The average Bonchev–Trinajstić information content (AvgIpc) is 2.77. The van der Waals surface area contributed by atoms with Gasteiger partial charge in [0.15, 0.2) is 0 Å². The molecule has 0 saturated carbocycles. The van der Waals surface area contributed by atoms with Crippen molar-refractivity contribution >= 4 is 22.4 Å². The van der Waals surface area contributed by atoms with E-state index in [1.54, 1.807) is 36.7 Å². The molecule has 0 aliphatic heterocycles. The Kier molecular flexibility index (Phi) is 5.67. The Labute approximate surface area is 178 Å². The van der Waals surface area contributed by atoms with E-state index < -0.39 is 11.6 Å². The third-order valence-corrected chi connectivity index (χ3v) is 4.96. The van der Waals surface area contributed by atoms with Crippen LogP contribution in [0.3, 0.4) is 0 Å². The van der Waals surface area contributed by atoms with Crippen molar-refractivity contribution in [3.05, 3.63) is 107 Å². The van der Waals surface area contributed by atoms with E-state index in [0.29, 0.717) is 16.8 Å². The van der Waals surface area contributed by atoms with Gasteiger partial charge in [0.1, 0.15) is 11.6 Å². The molecule has 0 saturated heterocycles. The molecule has 152 valence electrons. The Morgan fingerprint density at radius 1 is 0.968 bits per heavy atom. The first-order valence-corrected chi connectivity index (χ1v) is 9.60. The van der Waals surface area contributed by atoms with Crippen molar-refractivity contribution in [1.29, 1.82) is 5.26 Å². The number of hydrogen-bond donors (Lipinski definition) is 0. The third-order valence-electron chi connectivity index (χ3n) is 4.96. The summed E-state index contributed by atoms with van der Waals surface area (Å²) < 4.78 is 27.4. The molecule has 31 heavy (non-hydrogen) atoms. The van der Waals surface area contributed by atoms with Gasteiger partial charge in [-0.25, -0.2) is 8.78 Å². The summed E-state index contributed by atoms with van der Waals surface area (Å²) in [4.78, 5) is 19.0. The molecule has 0 spiro atoms. The molecule has 1 aromatic heterocycles. The maximum absolute atomic E-state index is 13.7. The van der Waals surface area contributed by atoms with E-state index in [2.05, 4.69) is 4.98 Å². The first-order valence-electron chi connectivity index (χ1n) is 9.60. The molecule has 1 heterocycles. The summed E-state index contributed by atoms with van der Waals surface area (Å²) >= 11 is 0. The largest absolute Gasteiger partial charge is 0.308 e. The second-order valence-electron chi connectivity index (χ2n) is 7.11. The maximum Gasteiger partial charge on any atom is 0.231 e. The molecular formula is C25H17F2N3O. The zero-order chi connectivity index (χ0) is 21.8. The fourth-order valence-electron chi connectivity index (χ4n) is 3.50. The van der Waals surface area contributed by atoms with Gasteiger partial charge in [-0.1, -0.05) is 24.3 Å². The summed E-state index contributed by atoms with van der Waals surface area (Å²) in [5.41, 5.74) is 2.06. The minimum atomic E-state index is -0.708. The van der Waals surface area contributed by atoms with E-state index in [9.17, 15) is 13.6 Å². The zero-order valence-corrected chi connectivity index (χ0v) is 16.4. The van der Waals surface area contributed by atoms with Gasteiger partial charge in [-0.3, -0.25) is 9.78 Å². The Hall–Kier alpha value is -4.11. The quantitative estimate of drug-likeness (QED) is 0.454. The third kappa shape index (κ3) is 4.57. The lowest BCUT2D eigenvalue weighted by Crippen LogP contribution is -2.32. The van der Waals surface area contributed by atoms with Crippen molar-refractivity contribution in [1.82, 2.24) is 4.98 Å². The van der Waals surface area contributed by atoms with Crippen LogP contribution >= 0.6 is 0 Å². The number of nitriles is 1. The van der Waals surface area contributed by atoms with Crippen molar-refractivity contribution in [2.75, 3.05) is 4.90 Å². The fraction of sp³-hybridized carbons (Fsp3) is 0.0800. The lowest BCUT2D eigenvalue weighted by atomic mass is 10.0. The molecule has 0 radical (unpaired) electrons. The van der Waals surface area contributed by atoms with Crippen LogP contribution in [0.4, 0.5) is 14.5 Å². The number of aromatic nitrogens is 1. The van der Waals surface area contributed by atoms with Gasteiger partial charge >= 0.3 is 0 Å². The number of anilines is 1. The molecular weight excluding hydrogens is 396 g/mol. The first-order chi connectivity index (χ1) is 15.0. The second-order valence-corrected chi connectivity index (χ2v) is 7.11. The fourth-order valence-corrected chi connectivity index (χ4v) is 3.50. The summed E-state index contributed by atoms with van der Waals surface area (Å²) in [5, 5.41) is 10.9. The van der Waals surface area contributed by atoms with Crippen LogP contribution in [-0.4, -0.2) is 10.9 Å². The van der Waals surface area contributed by atoms with E-state index in [-0.39, 0.29) is 18.9 Å². The first kappa shape index (κ1) is 20.2. The van der Waals surface area contributed by atoms with Crippen LogP contribution in [0.2, 0.25) is 0 Å². The molecule has 4 rings (SSSR count). The summed E-state index contributed by atoms with van der Waals surface area (Å²) in [6.45, 7) is -0.0163. The molecule has 6 heteroatoms. The number of amides is 1. The van der Waals surface area contributed by atoms with E-state index in [4.69, 9.17) is 5.26 Å². The molecule has 4 aromatic rings. The number of benzene rings is 3. The van der Waals surface area contributed by atoms with Crippen LogP contribution in [-0.2, 0) is 17.8 Å². The van der Waals surface area contributed by atoms with Crippen LogP contribution in [0.15, 0.2) is 79.1 Å². The number of pyridine rings is 1. The minimum absolute atomic E-state index is 0.0163. The van der Waals surface area contributed by atoms with E-state index in [0.717, 1.165) is 22.4 Å². The molecule has 3 aromatic carbocycles. The highest BCUT2D eigenvalue weighted by molar-refractivity contribution is 5.97. The minimum Gasteiger partial charge on any atom is -0.308 e. The number of rotatable bonds is 5.